The third-order valence-corrected chi connectivity index (χ3v) is 6.12. The van der Waals surface area contributed by atoms with Gasteiger partial charge in [-0.1, -0.05) is 59.6 Å². The summed E-state index contributed by atoms with van der Waals surface area (Å²) in [5.74, 6) is -1.37. The quantitative estimate of drug-likeness (QED) is 0.0629. The maximum Gasteiger partial charge on any atom is 0.333 e. The van der Waals surface area contributed by atoms with Crippen molar-refractivity contribution in [2.45, 2.75) is 60.6 Å². The van der Waals surface area contributed by atoms with Gasteiger partial charge >= 0.3 is 17.9 Å². The van der Waals surface area contributed by atoms with Crippen LogP contribution in [-0.2, 0) is 78.0 Å². The highest BCUT2D eigenvalue weighted by Crippen LogP contribution is 2.09. The summed E-state index contributed by atoms with van der Waals surface area (Å²) in [6.45, 7) is 17.5. The standard InChI is InChI=1S/C22H24N6O4.C7H9N3O2.C6H14O2/c1-15(2)21(29)31-13-19-11-27(25-23-19)9-17-5-7-18(8-6-17)10-28-12-20(24-26-28)14-32-22(30)16(3)4;1-3-7(11)12-5-6-4-10(2)9-8-6;1-3-7-5-6-8-4-2/h5-8,11-12H,1,3,9-10,13-14H2,2,4H3;3-4H,1,5H2,2H3;3-6H2,1-2H3/i;;1T,2T. The minimum absolute atomic E-state index is 0.0525. The van der Waals surface area contributed by atoms with E-state index in [-0.39, 0.29) is 19.8 Å². The van der Waals surface area contributed by atoms with Gasteiger partial charge < -0.3 is 23.7 Å². The lowest BCUT2D eigenvalue weighted by molar-refractivity contribution is -0.141. The number of carbonyl (C=O) groups is 3. The molecule has 0 aliphatic rings. The summed E-state index contributed by atoms with van der Waals surface area (Å²) in [5, 5.41) is 23.5. The molecule has 0 saturated carbocycles. The Bertz CT molecular complexity index is 1680. The SMILES string of the molecule is C=C(C)C(=O)OCc1cn(Cc2ccc(Cn3cc(COC(=O)C(=C)C)nn3)cc2)nn1.C=CC(=O)OCc1cn(C)nn1.[3H]CCOCCOCC[3H]. The molecule has 0 unspecified atom stereocenters. The van der Waals surface area contributed by atoms with E-state index in [2.05, 4.69) is 50.7 Å². The Kier molecular flexibility index (Phi) is 17.7. The molecule has 0 bridgehead atoms. The summed E-state index contributed by atoms with van der Waals surface area (Å²) in [6.07, 6.45) is 6.25. The molecule has 0 aliphatic carbocycles. The lowest BCUT2D eigenvalue weighted by atomic mass is 10.1. The summed E-state index contributed by atoms with van der Waals surface area (Å²) in [4.78, 5) is 33.5. The Morgan fingerprint density at radius 3 is 1.52 bits per heavy atom. The fraction of sp³-hybridized carbons (Fsp3) is 0.400. The van der Waals surface area contributed by atoms with Crippen molar-refractivity contribution >= 4 is 17.9 Å². The predicted octanol–water partition coefficient (Wildman–Crippen LogP) is 3.31. The van der Waals surface area contributed by atoms with Crippen molar-refractivity contribution in [2.24, 2.45) is 7.05 Å². The van der Waals surface area contributed by atoms with Gasteiger partial charge in [0.05, 0.1) is 44.9 Å². The first-order chi connectivity index (χ1) is 25.9. The maximum absolute atomic E-state index is 11.5. The molecule has 280 valence electrons. The van der Waals surface area contributed by atoms with Gasteiger partial charge in [0.15, 0.2) is 0 Å². The molecular weight excluding hydrogens is 674 g/mol. The van der Waals surface area contributed by atoms with Crippen molar-refractivity contribution in [3.8, 4) is 0 Å². The average Bonchev–Trinajstić information content (AvgIpc) is 3.92. The van der Waals surface area contributed by atoms with Gasteiger partial charge in [-0.05, 0) is 38.8 Å². The van der Waals surface area contributed by atoms with Gasteiger partial charge in [0.2, 0.25) is 0 Å². The third-order valence-electron chi connectivity index (χ3n) is 6.12. The van der Waals surface area contributed by atoms with Gasteiger partial charge in [-0.2, -0.15) is 0 Å². The van der Waals surface area contributed by atoms with Crippen molar-refractivity contribution < 1.29 is 40.8 Å². The third kappa shape index (κ3) is 17.2. The number of hydrogen-bond acceptors (Lipinski definition) is 14. The van der Waals surface area contributed by atoms with Gasteiger partial charge in [0.25, 0.3) is 0 Å². The van der Waals surface area contributed by atoms with E-state index in [0.29, 0.717) is 81.5 Å². The second-order valence-electron chi connectivity index (χ2n) is 10.8. The molecule has 0 atom stereocenters. The summed E-state index contributed by atoms with van der Waals surface area (Å²) in [7, 11) is 1.74. The van der Waals surface area contributed by atoms with E-state index in [4.69, 9.17) is 26.4 Å². The number of ether oxygens (including phenoxy) is 5. The molecule has 0 saturated heterocycles. The predicted molar refractivity (Wildman–Crippen MR) is 188 cm³/mol. The topological polar surface area (TPSA) is 189 Å². The molecule has 17 nitrogen and oxygen atoms in total. The second kappa shape index (κ2) is 23.6. The van der Waals surface area contributed by atoms with Gasteiger partial charge in [0.1, 0.15) is 36.9 Å². The number of carbonyl (C=O) groups excluding carboxylic acids is 3. The smallest absolute Gasteiger partial charge is 0.333 e. The van der Waals surface area contributed by atoms with Crippen LogP contribution in [0.15, 0.2) is 79.8 Å². The zero-order chi connectivity index (χ0) is 39.7. The first kappa shape index (κ1) is 39.0. The fourth-order valence-corrected chi connectivity index (χ4v) is 3.60. The zero-order valence-corrected chi connectivity index (χ0v) is 29.8. The van der Waals surface area contributed by atoms with E-state index < -0.39 is 17.9 Å². The maximum atomic E-state index is 11.5. The molecule has 0 amide bonds. The first-order valence-electron chi connectivity index (χ1n) is 17.2. The molecule has 0 N–H and O–H groups in total. The van der Waals surface area contributed by atoms with Gasteiger partial charge in [-0.3, -0.25) is 4.68 Å². The monoisotopic (exact) mass is 725 g/mol. The molecule has 0 fully saturated rings. The highest BCUT2D eigenvalue weighted by molar-refractivity contribution is 5.87. The second-order valence-corrected chi connectivity index (χ2v) is 10.8. The van der Waals surface area contributed by atoms with Crippen LogP contribution in [0.4, 0.5) is 0 Å². The molecule has 0 radical (unpaired) electrons. The van der Waals surface area contributed by atoms with Crippen molar-refractivity contribution in [1.82, 2.24) is 45.0 Å². The molecule has 17 heteroatoms. The van der Waals surface area contributed by atoms with E-state index in [1.807, 2.05) is 24.3 Å². The minimum atomic E-state index is -0.458. The summed E-state index contributed by atoms with van der Waals surface area (Å²) in [5.41, 5.74) is 4.49. The fourth-order valence-electron chi connectivity index (χ4n) is 3.60. The van der Waals surface area contributed by atoms with Crippen LogP contribution in [0.25, 0.3) is 0 Å². The number of rotatable bonds is 18. The van der Waals surface area contributed by atoms with Crippen LogP contribution in [0, 0.1) is 0 Å². The number of aryl methyl sites for hydroxylation is 1. The summed E-state index contributed by atoms with van der Waals surface area (Å²) < 4.78 is 43.1. The molecule has 0 aliphatic heterocycles. The summed E-state index contributed by atoms with van der Waals surface area (Å²) >= 11 is 0. The lowest BCUT2D eigenvalue weighted by Crippen LogP contribution is -2.05. The highest BCUT2D eigenvalue weighted by atomic mass is 16.5. The van der Waals surface area contributed by atoms with Crippen LogP contribution in [0.1, 0.15) is 58.6 Å². The van der Waals surface area contributed by atoms with E-state index >= 15 is 0 Å². The molecule has 0 spiro atoms. The van der Waals surface area contributed by atoms with E-state index in [1.54, 1.807) is 48.8 Å². The van der Waals surface area contributed by atoms with Crippen LogP contribution in [0.3, 0.4) is 0 Å². The van der Waals surface area contributed by atoms with E-state index in [9.17, 15) is 14.4 Å². The molecule has 4 aromatic rings. The normalized spacial score (nSPS) is 10.7. The molecule has 3 heterocycles. The first-order valence-corrected chi connectivity index (χ1v) is 15.8. The summed E-state index contributed by atoms with van der Waals surface area (Å²) in [6, 6.07) is 7.96. The molecule has 1 aromatic carbocycles. The highest BCUT2D eigenvalue weighted by Gasteiger charge is 2.09. The van der Waals surface area contributed by atoms with Crippen LogP contribution in [-0.4, -0.2) is 89.3 Å². The van der Waals surface area contributed by atoms with Crippen LogP contribution >= 0.6 is 0 Å². The van der Waals surface area contributed by atoms with Crippen molar-refractivity contribution in [3.05, 3.63) is 108 Å². The van der Waals surface area contributed by atoms with Gasteiger partial charge in [-0.25, -0.2) is 23.7 Å². The Hall–Kier alpha value is -5.81. The van der Waals surface area contributed by atoms with E-state index in [1.165, 1.54) is 4.68 Å². The Labute approximate surface area is 305 Å². The van der Waals surface area contributed by atoms with Crippen molar-refractivity contribution in [3.63, 3.8) is 0 Å². The van der Waals surface area contributed by atoms with E-state index in [0.717, 1.165) is 17.2 Å². The number of nitrogens with zero attached hydrogens (tertiary/aromatic N) is 9. The molecular formula is C35H47N9O8. The molecule has 3 aromatic heterocycles. The van der Waals surface area contributed by atoms with Crippen molar-refractivity contribution in [2.75, 3.05) is 26.4 Å². The number of hydrogen-bond donors (Lipinski definition) is 0. The lowest BCUT2D eigenvalue weighted by Gasteiger charge is -2.04. The Morgan fingerprint density at radius 2 is 1.13 bits per heavy atom. The number of aromatic nitrogens is 9. The molecule has 4 rings (SSSR count). The Balaban J connectivity index is 0.000000373. The largest absolute Gasteiger partial charge is 0.456 e. The minimum Gasteiger partial charge on any atom is -0.456 e. The van der Waals surface area contributed by atoms with Crippen LogP contribution < -0.4 is 0 Å². The number of benzene rings is 1. The Morgan fingerprint density at radius 1 is 0.712 bits per heavy atom. The molecule has 52 heavy (non-hydrogen) atoms. The average molecular weight is 726 g/mol. The van der Waals surface area contributed by atoms with Crippen molar-refractivity contribution in [1.29, 1.82) is 0 Å². The van der Waals surface area contributed by atoms with Gasteiger partial charge in [0, 0.05) is 40.2 Å². The van der Waals surface area contributed by atoms with Crippen LogP contribution in [0.2, 0.25) is 0 Å². The zero-order valence-electron chi connectivity index (χ0n) is 31.8. The van der Waals surface area contributed by atoms with Crippen LogP contribution in [0.5, 0.6) is 0 Å². The number of esters is 3. The van der Waals surface area contributed by atoms with Gasteiger partial charge in [-0.15, -0.1) is 15.3 Å².